The number of aliphatic imine (C=N–C) groups is 1. The first-order valence-electron chi connectivity index (χ1n) is 13.3. The molecular weight excluding hydrogens is 595 g/mol. The van der Waals surface area contributed by atoms with Gasteiger partial charge in [-0.25, -0.2) is 19.9 Å². The largest absolute Gasteiger partial charge is 0.573 e. The number of carbonyl (C=O) groups is 2. The number of hydrazone groups is 1. The van der Waals surface area contributed by atoms with Gasteiger partial charge in [-0.3, -0.25) is 9.69 Å². The number of ether oxygens (including phenoxy) is 1. The van der Waals surface area contributed by atoms with E-state index in [9.17, 15) is 22.8 Å². The third-order valence-corrected chi connectivity index (χ3v) is 7.28. The van der Waals surface area contributed by atoms with Gasteiger partial charge in [-0.1, -0.05) is 61.5 Å². The summed E-state index contributed by atoms with van der Waals surface area (Å²) in [6, 6.07) is 17.4. The molecule has 0 bridgehead atoms. The number of aromatic nitrogens is 3. The van der Waals surface area contributed by atoms with Crippen LogP contribution in [0.15, 0.2) is 83.2 Å². The van der Waals surface area contributed by atoms with Gasteiger partial charge in [0.2, 0.25) is 5.91 Å². The number of alkyl halides is 3. The molecule has 1 N–H and O–H groups in total. The van der Waals surface area contributed by atoms with Crippen LogP contribution in [0.1, 0.15) is 36.5 Å². The van der Waals surface area contributed by atoms with Crippen molar-refractivity contribution >= 4 is 40.8 Å². The second-order valence-electron chi connectivity index (χ2n) is 9.98. The zero-order chi connectivity index (χ0) is 31.4. The average Bonchev–Trinajstić information content (AvgIpc) is 3.60. The number of amides is 3. The fourth-order valence-electron chi connectivity index (χ4n) is 4.37. The number of carbonyl (C=O) groups excluding carboxylic acids is 2. The van der Waals surface area contributed by atoms with Gasteiger partial charge in [-0.2, -0.15) is 10.1 Å². The molecule has 1 saturated heterocycles. The Morgan fingerprint density at radius 2 is 1.89 bits per heavy atom. The molecule has 0 spiro atoms. The molecule has 0 saturated carbocycles. The van der Waals surface area contributed by atoms with Gasteiger partial charge in [-0.15, -0.1) is 18.3 Å². The monoisotopic (exact) mass is 621 g/mol. The summed E-state index contributed by atoms with van der Waals surface area (Å²) in [5.74, 6) is 0.208. The lowest BCUT2D eigenvalue weighted by Gasteiger charge is -2.22. The molecule has 0 atom stereocenters. The van der Waals surface area contributed by atoms with Gasteiger partial charge in [0, 0.05) is 5.56 Å². The quantitative estimate of drug-likeness (QED) is 0.188. The number of hydrogen-bond acceptors (Lipinski definition) is 7. The van der Waals surface area contributed by atoms with Crippen molar-refractivity contribution < 1.29 is 27.5 Å². The highest BCUT2D eigenvalue weighted by atomic mass is 32.2. The van der Waals surface area contributed by atoms with E-state index in [0.29, 0.717) is 28.3 Å². The van der Waals surface area contributed by atoms with Crippen molar-refractivity contribution in [3.63, 3.8) is 0 Å². The number of halogens is 3. The van der Waals surface area contributed by atoms with Crippen molar-refractivity contribution in [3.05, 3.63) is 89.7 Å². The number of thioether (sulfide) groups is 1. The van der Waals surface area contributed by atoms with Crippen LogP contribution in [0.3, 0.4) is 0 Å². The van der Waals surface area contributed by atoms with Gasteiger partial charge in [0.25, 0.3) is 0 Å². The SMILES string of the molecule is Cc1ccc(N2C(=O)CSC2=NC(=O)N/N=C/c2cccc(-c3ncn(-c4ccc(OC(F)(F)F)cc4)n3)c2)c(C(C)C)c1. The van der Waals surface area contributed by atoms with E-state index in [-0.39, 0.29) is 28.5 Å². The minimum Gasteiger partial charge on any atom is -0.406 e. The van der Waals surface area contributed by atoms with E-state index in [1.54, 1.807) is 24.3 Å². The molecule has 3 aromatic carbocycles. The van der Waals surface area contributed by atoms with Gasteiger partial charge in [0.05, 0.1) is 23.3 Å². The molecule has 4 aromatic rings. The Morgan fingerprint density at radius 3 is 2.61 bits per heavy atom. The predicted octanol–water partition coefficient (Wildman–Crippen LogP) is 6.44. The van der Waals surface area contributed by atoms with Crippen molar-refractivity contribution in [2.45, 2.75) is 33.1 Å². The van der Waals surface area contributed by atoms with Gasteiger partial charge in [0.1, 0.15) is 12.1 Å². The Hall–Kier alpha value is -4.98. The highest BCUT2D eigenvalue weighted by Gasteiger charge is 2.32. The lowest BCUT2D eigenvalue weighted by atomic mass is 9.98. The molecule has 3 amide bonds. The Morgan fingerprint density at radius 1 is 1.11 bits per heavy atom. The second kappa shape index (κ2) is 12.7. The van der Waals surface area contributed by atoms with Crippen LogP contribution in [0.25, 0.3) is 17.1 Å². The topological polar surface area (TPSA) is 114 Å². The summed E-state index contributed by atoms with van der Waals surface area (Å²) in [6.07, 6.45) is -1.91. The van der Waals surface area contributed by atoms with E-state index >= 15 is 0 Å². The van der Waals surface area contributed by atoms with Crippen LogP contribution in [-0.4, -0.2) is 50.2 Å². The van der Waals surface area contributed by atoms with Gasteiger partial charge < -0.3 is 4.74 Å². The molecule has 44 heavy (non-hydrogen) atoms. The predicted molar refractivity (Wildman–Crippen MR) is 162 cm³/mol. The third-order valence-electron chi connectivity index (χ3n) is 6.35. The molecule has 1 fully saturated rings. The fourth-order valence-corrected chi connectivity index (χ4v) is 5.23. The molecule has 1 aromatic heterocycles. The summed E-state index contributed by atoms with van der Waals surface area (Å²) >= 11 is 1.19. The number of anilines is 1. The Labute approximate surface area is 254 Å². The second-order valence-corrected chi connectivity index (χ2v) is 10.9. The number of hydrogen-bond donors (Lipinski definition) is 1. The summed E-state index contributed by atoms with van der Waals surface area (Å²) in [7, 11) is 0. The minimum absolute atomic E-state index is 0.156. The van der Waals surface area contributed by atoms with Gasteiger partial charge in [-0.05, 0) is 60.4 Å². The summed E-state index contributed by atoms with van der Waals surface area (Å²) < 4.78 is 42.6. The number of amidine groups is 1. The highest BCUT2D eigenvalue weighted by molar-refractivity contribution is 8.15. The van der Waals surface area contributed by atoms with Gasteiger partial charge >= 0.3 is 12.4 Å². The molecule has 0 radical (unpaired) electrons. The van der Waals surface area contributed by atoms with Crippen molar-refractivity contribution in [1.29, 1.82) is 0 Å². The maximum Gasteiger partial charge on any atom is 0.573 e. The maximum absolute atomic E-state index is 12.7. The van der Waals surface area contributed by atoms with Gasteiger partial charge in [0.15, 0.2) is 11.0 Å². The number of nitrogens with zero attached hydrogens (tertiary/aromatic N) is 6. The molecule has 2 heterocycles. The first-order chi connectivity index (χ1) is 21.0. The molecule has 1 aliphatic heterocycles. The van der Waals surface area contributed by atoms with Crippen LogP contribution < -0.4 is 15.1 Å². The first-order valence-corrected chi connectivity index (χ1v) is 14.3. The van der Waals surface area contributed by atoms with E-state index in [1.807, 2.05) is 39.0 Å². The molecular formula is C30H26F3N7O3S. The van der Waals surface area contributed by atoms with Crippen LogP contribution in [0, 0.1) is 6.92 Å². The molecule has 10 nitrogen and oxygen atoms in total. The highest BCUT2D eigenvalue weighted by Crippen LogP contribution is 2.34. The van der Waals surface area contributed by atoms with E-state index in [0.717, 1.165) is 11.1 Å². The lowest BCUT2D eigenvalue weighted by molar-refractivity contribution is -0.274. The normalized spacial score (nSPS) is 14.7. The molecule has 1 aliphatic rings. The summed E-state index contributed by atoms with van der Waals surface area (Å²) in [5.41, 5.74) is 6.90. The van der Waals surface area contributed by atoms with Crippen molar-refractivity contribution in [2.24, 2.45) is 10.1 Å². The van der Waals surface area contributed by atoms with E-state index in [1.165, 1.54) is 58.2 Å². The van der Waals surface area contributed by atoms with E-state index in [2.05, 4.69) is 30.3 Å². The Kier molecular flexibility index (Phi) is 8.81. The maximum atomic E-state index is 12.7. The number of aryl methyl sites for hydroxylation is 1. The molecule has 0 aliphatic carbocycles. The summed E-state index contributed by atoms with van der Waals surface area (Å²) in [6.45, 7) is 6.07. The summed E-state index contributed by atoms with van der Waals surface area (Å²) in [5, 5.41) is 8.67. The van der Waals surface area contributed by atoms with Crippen molar-refractivity contribution in [3.8, 4) is 22.8 Å². The zero-order valence-electron chi connectivity index (χ0n) is 23.7. The van der Waals surface area contributed by atoms with E-state index in [4.69, 9.17) is 0 Å². The Bertz CT molecular complexity index is 1750. The minimum atomic E-state index is -4.77. The Balaban J connectivity index is 1.25. The molecule has 0 unspecified atom stereocenters. The molecule has 5 rings (SSSR count). The average molecular weight is 622 g/mol. The van der Waals surface area contributed by atoms with Crippen LogP contribution >= 0.6 is 11.8 Å². The molecule has 14 heteroatoms. The third kappa shape index (κ3) is 7.32. The van der Waals surface area contributed by atoms with Crippen molar-refractivity contribution in [1.82, 2.24) is 20.2 Å². The first kappa shape index (κ1) is 30.5. The number of rotatable bonds is 7. The van der Waals surface area contributed by atoms with Crippen LogP contribution in [0.4, 0.5) is 23.7 Å². The van der Waals surface area contributed by atoms with Crippen LogP contribution in [-0.2, 0) is 4.79 Å². The number of benzene rings is 3. The summed E-state index contributed by atoms with van der Waals surface area (Å²) in [4.78, 5) is 35.2. The fraction of sp³-hybridized carbons (Fsp3) is 0.200. The number of nitrogens with one attached hydrogen (secondary N) is 1. The molecule has 226 valence electrons. The van der Waals surface area contributed by atoms with Crippen molar-refractivity contribution in [2.75, 3.05) is 10.7 Å². The van der Waals surface area contributed by atoms with Crippen LogP contribution in [0.2, 0.25) is 0 Å². The zero-order valence-corrected chi connectivity index (χ0v) is 24.6. The van der Waals surface area contributed by atoms with Crippen LogP contribution in [0.5, 0.6) is 5.75 Å². The lowest BCUT2D eigenvalue weighted by Crippen LogP contribution is -2.31. The smallest absolute Gasteiger partial charge is 0.406 e. The van der Waals surface area contributed by atoms with E-state index < -0.39 is 12.4 Å². The standard InChI is InChI=1S/C30H26F3N7O3S/c1-18(2)24-13-19(3)7-12-25(24)40-26(41)16-44-29(40)36-28(42)37-35-15-20-5-4-6-21(14-20)27-34-17-39(38-27)22-8-10-23(11-9-22)43-30(31,32)33/h4-15,17-18H,16H2,1-3H3,(H,37,42)/b35-15+,36-29?. The number of urea groups is 1.